The molecule has 0 spiro atoms. The van der Waals surface area contributed by atoms with Gasteiger partial charge < -0.3 is 10.3 Å². The third kappa shape index (κ3) is 1.84. The summed E-state index contributed by atoms with van der Waals surface area (Å²) in [6.45, 7) is -0.897. The summed E-state index contributed by atoms with van der Waals surface area (Å²) >= 11 is 0. The van der Waals surface area contributed by atoms with Crippen LogP contribution in [-0.4, -0.2) is 16.3 Å². The van der Waals surface area contributed by atoms with Crippen LogP contribution in [0.2, 0.25) is 0 Å². The van der Waals surface area contributed by atoms with E-state index in [0.717, 1.165) is 0 Å². The molecular weight excluding hydrogens is 234 g/mol. The van der Waals surface area contributed by atoms with Gasteiger partial charge in [0.05, 0.1) is 6.54 Å². The van der Waals surface area contributed by atoms with E-state index in [2.05, 4.69) is 0 Å². The van der Waals surface area contributed by atoms with E-state index in [4.69, 9.17) is 10.3 Å². The van der Waals surface area contributed by atoms with Crippen molar-refractivity contribution in [2.75, 3.05) is 0 Å². The molecule has 0 fully saturated rings. The average molecular weight is 239 g/mol. The minimum absolute atomic E-state index is 0.897. The Balaban J connectivity index is 3.56. The number of halogens is 4. The number of hydrogen-bond acceptors (Lipinski definition) is 3. The average Bonchev–Trinajstić information content (AvgIpc) is 2.21. The van der Waals surface area contributed by atoms with Gasteiger partial charge in [-0.3, -0.25) is 0 Å². The number of nitrogens with one attached hydrogen (secondary N) is 1. The normalized spacial score (nSPS) is 10.6. The highest BCUT2D eigenvalue weighted by molar-refractivity contribution is 5.88. The van der Waals surface area contributed by atoms with Crippen molar-refractivity contribution in [3.63, 3.8) is 0 Å². The Hall–Kier alpha value is -1.67. The van der Waals surface area contributed by atoms with E-state index in [1.165, 1.54) is 5.48 Å². The van der Waals surface area contributed by atoms with Gasteiger partial charge in [0.15, 0.2) is 23.3 Å². The first-order chi connectivity index (χ1) is 7.41. The topological polar surface area (TPSA) is 69.6 Å². The van der Waals surface area contributed by atoms with Gasteiger partial charge in [0, 0.05) is 5.56 Å². The molecule has 0 aliphatic carbocycles. The monoisotopic (exact) mass is 239 g/mol. The summed E-state index contributed by atoms with van der Waals surface area (Å²) in [4.78, 5) is 10.3. The van der Waals surface area contributed by atoms with E-state index in [1.54, 1.807) is 0 Å². The van der Waals surface area contributed by atoms with Crippen molar-refractivity contribution in [1.29, 1.82) is 0 Å². The lowest BCUT2D eigenvalue weighted by Gasteiger charge is -2.08. The lowest BCUT2D eigenvalue weighted by atomic mass is 10.1. The van der Waals surface area contributed by atoms with Crippen molar-refractivity contribution in [2.45, 2.75) is 6.54 Å². The Labute approximate surface area is 86.1 Å². The Bertz CT molecular complexity index is 420. The van der Waals surface area contributed by atoms with Crippen molar-refractivity contribution >= 4 is 5.97 Å². The van der Waals surface area contributed by atoms with Crippen molar-refractivity contribution in [3.05, 3.63) is 34.4 Å². The van der Waals surface area contributed by atoms with Crippen LogP contribution in [0, 0.1) is 23.3 Å². The van der Waals surface area contributed by atoms with Crippen LogP contribution >= 0.6 is 0 Å². The molecule has 1 aromatic carbocycles. The van der Waals surface area contributed by atoms with Gasteiger partial charge in [-0.1, -0.05) is 0 Å². The van der Waals surface area contributed by atoms with E-state index < -0.39 is 46.9 Å². The highest BCUT2D eigenvalue weighted by Gasteiger charge is 2.28. The Morgan fingerprint density at radius 2 is 1.50 bits per heavy atom. The van der Waals surface area contributed by atoms with Crippen LogP contribution < -0.4 is 5.48 Å². The number of carbonyl (C=O) groups is 1. The first-order valence-electron chi connectivity index (χ1n) is 3.86. The Morgan fingerprint density at radius 1 is 1.06 bits per heavy atom. The molecule has 88 valence electrons. The number of benzene rings is 1. The quantitative estimate of drug-likeness (QED) is 0.424. The fourth-order valence-electron chi connectivity index (χ4n) is 1.10. The van der Waals surface area contributed by atoms with Crippen LogP contribution in [0.1, 0.15) is 15.9 Å². The summed E-state index contributed by atoms with van der Waals surface area (Å²) in [5, 5.41) is 16.5. The van der Waals surface area contributed by atoms with Gasteiger partial charge in [-0.2, -0.15) is 0 Å². The zero-order chi connectivity index (χ0) is 12.5. The molecular formula is C8H5F4NO3. The molecule has 0 aliphatic heterocycles. The van der Waals surface area contributed by atoms with Crippen LogP contribution in [0.25, 0.3) is 0 Å². The maximum atomic E-state index is 13.1. The molecule has 16 heavy (non-hydrogen) atoms. The predicted octanol–water partition coefficient (Wildman–Crippen LogP) is 1.42. The van der Waals surface area contributed by atoms with Crippen molar-refractivity contribution in [1.82, 2.24) is 5.48 Å². The number of aromatic carboxylic acids is 1. The molecule has 0 atom stereocenters. The summed E-state index contributed by atoms with van der Waals surface area (Å²) in [7, 11) is 0. The van der Waals surface area contributed by atoms with Crippen LogP contribution in [0.5, 0.6) is 0 Å². The van der Waals surface area contributed by atoms with Crippen LogP contribution in [0.15, 0.2) is 0 Å². The highest BCUT2D eigenvalue weighted by atomic mass is 19.2. The van der Waals surface area contributed by atoms with Crippen LogP contribution in [0.4, 0.5) is 17.6 Å². The SMILES string of the molecule is O=C(O)c1c(F)c(F)c(CNO)c(F)c1F. The zero-order valence-electron chi connectivity index (χ0n) is 7.52. The smallest absolute Gasteiger partial charge is 0.341 e. The molecule has 3 N–H and O–H groups in total. The van der Waals surface area contributed by atoms with Gasteiger partial charge in [0.1, 0.15) is 5.56 Å². The first kappa shape index (κ1) is 12.4. The van der Waals surface area contributed by atoms with Gasteiger partial charge in [-0.05, 0) is 0 Å². The summed E-state index contributed by atoms with van der Waals surface area (Å²) in [6.07, 6.45) is 0. The van der Waals surface area contributed by atoms with Crippen LogP contribution in [0.3, 0.4) is 0 Å². The molecule has 0 aliphatic rings. The molecule has 0 heterocycles. The van der Waals surface area contributed by atoms with E-state index in [-0.39, 0.29) is 0 Å². The largest absolute Gasteiger partial charge is 0.477 e. The minimum Gasteiger partial charge on any atom is -0.477 e. The predicted molar refractivity (Wildman–Crippen MR) is 41.9 cm³/mol. The second-order valence-corrected chi connectivity index (χ2v) is 2.75. The molecule has 8 heteroatoms. The lowest BCUT2D eigenvalue weighted by molar-refractivity contribution is 0.0683. The first-order valence-corrected chi connectivity index (χ1v) is 3.86. The van der Waals surface area contributed by atoms with Gasteiger partial charge in [-0.15, -0.1) is 0 Å². The van der Waals surface area contributed by atoms with Gasteiger partial charge in [0.25, 0.3) is 0 Å². The lowest BCUT2D eigenvalue weighted by Crippen LogP contribution is -2.17. The zero-order valence-corrected chi connectivity index (χ0v) is 7.52. The van der Waals surface area contributed by atoms with Gasteiger partial charge >= 0.3 is 5.97 Å². The molecule has 0 radical (unpaired) electrons. The molecule has 0 saturated heterocycles. The number of carboxylic acids is 1. The Kier molecular flexibility index (Phi) is 3.45. The molecule has 1 rings (SSSR count). The van der Waals surface area contributed by atoms with E-state index in [0.29, 0.717) is 0 Å². The third-order valence-electron chi connectivity index (χ3n) is 1.82. The second-order valence-electron chi connectivity index (χ2n) is 2.75. The minimum atomic E-state index is -2.13. The Morgan fingerprint density at radius 3 is 1.81 bits per heavy atom. The second kappa shape index (κ2) is 4.45. The molecule has 0 saturated carbocycles. The molecule has 4 nitrogen and oxygen atoms in total. The number of hydroxylamine groups is 1. The molecule has 0 amide bonds. The maximum absolute atomic E-state index is 13.1. The number of rotatable bonds is 3. The molecule has 0 aromatic heterocycles. The third-order valence-corrected chi connectivity index (χ3v) is 1.82. The fourth-order valence-corrected chi connectivity index (χ4v) is 1.10. The number of carboxylic acid groups (broad SMARTS) is 1. The van der Waals surface area contributed by atoms with Crippen molar-refractivity contribution in [2.24, 2.45) is 0 Å². The molecule has 0 unspecified atom stereocenters. The van der Waals surface area contributed by atoms with E-state index in [9.17, 15) is 22.4 Å². The van der Waals surface area contributed by atoms with E-state index >= 15 is 0 Å². The highest BCUT2D eigenvalue weighted by Crippen LogP contribution is 2.24. The summed E-state index contributed by atoms with van der Waals surface area (Å²) < 4.78 is 52.1. The summed E-state index contributed by atoms with van der Waals surface area (Å²) in [6, 6.07) is 0. The summed E-state index contributed by atoms with van der Waals surface area (Å²) in [5.41, 5.74) is -1.53. The molecule has 1 aromatic rings. The van der Waals surface area contributed by atoms with Crippen LogP contribution in [-0.2, 0) is 6.54 Å². The number of hydrogen-bond donors (Lipinski definition) is 3. The van der Waals surface area contributed by atoms with Crippen molar-refractivity contribution in [3.8, 4) is 0 Å². The summed E-state index contributed by atoms with van der Waals surface area (Å²) in [5.74, 6) is -9.89. The maximum Gasteiger partial charge on any atom is 0.341 e. The van der Waals surface area contributed by atoms with Gasteiger partial charge in [-0.25, -0.2) is 27.8 Å². The van der Waals surface area contributed by atoms with Gasteiger partial charge in [0.2, 0.25) is 0 Å². The van der Waals surface area contributed by atoms with E-state index in [1.807, 2.05) is 0 Å². The van der Waals surface area contributed by atoms with Crippen molar-refractivity contribution < 1.29 is 32.7 Å². The fraction of sp³-hybridized carbons (Fsp3) is 0.125. The molecule has 0 bridgehead atoms. The standard InChI is InChI=1S/C8H5F4NO3/c9-4-2(1-13-16)5(10)7(12)3(6(4)11)8(14)15/h13,16H,1H2,(H,14,15).